The summed E-state index contributed by atoms with van der Waals surface area (Å²) in [5.74, 6) is 0.831. The maximum absolute atomic E-state index is 12.3. The Balaban J connectivity index is 2.06. The molecule has 19 heavy (non-hydrogen) atoms. The first-order valence-corrected chi connectivity index (χ1v) is 6.82. The molecule has 0 radical (unpaired) electrons. The number of carbonyl (C=O) groups excluding carboxylic acids is 1. The first kappa shape index (κ1) is 14.2. The Morgan fingerprint density at radius 1 is 1.58 bits per heavy atom. The van der Waals surface area contributed by atoms with Crippen molar-refractivity contribution in [3.63, 3.8) is 0 Å². The molecule has 1 aromatic rings. The van der Waals surface area contributed by atoms with Crippen molar-refractivity contribution in [2.45, 2.75) is 19.4 Å². The molecule has 1 aliphatic heterocycles. The molecule has 1 amide bonds. The smallest absolute Gasteiger partial charge is 0.227 e. The SMILES string of the molecule is COc1ccc(CC(=O)N2CCNCC2C)c(Cl)c1. The Morgan fingerprint density at radius 3 is 3.00 bits per heavy atom. The summed E-state index contributed by atoms with van der Waals surface area (Å²) in [6, 6.07) is 5.66. The van der Waals surface area contributed by atoms with Crippen LogP contribution in [0.2, 0.25) is 5.02 Å². The topological polar surface area (TPSA) is 41.6 Å². The molecular formula is C14H19ClN2O2. The third-order valence-electron chi connectivity index (χ3n) is 3.42. The number of rotatable bonds is 3. The number of nitrogens with zero attached hydrogens (tertiary/aromatic N) is 1. The summed E-state index contributed by atoms with van der Waals surface area (Å²) in [6.07, 6.45) is 0.340. The van der Waals surface area contributed by atoms with Crippen LogP contribution in [0.4, 0.5) is 0 Å². The maximum Gasteiger partial charge on any atom is 0.227 e. The van der Waals surface area contributed by atoms with E-state index in [9.17, 15) is 4.79 Å². The third-order valence-corrected chi connectivity index (χ3v) is 3.78. The molecule has 5 heteroatoms. The van der Waals surface area contributed by atoms with Gasteiger partial charge in [-0.3, -0.25) is 4.79 Å². The number of methoxy groups -OCH3 is 1. The average molecular weight is 283 g/mol. The van der Waals surface area contributed by atoms with E-state index in [0.717, 1.165) is 25.2 Å². The molecule has 0 spiro atoms. The second kappa shape index (κ2) is 6.26. The van der Waals surface area contributed by atoms with E-state index >= 15 is 0 Å². The van der Waals surface area contributed by atoms with Gasteiger partial charge in [0.2, 0.25) is 5.91 Å². The molecule has 1 aromatic carbocycles. The van der Waals surface area contributed by atoms with Crippen molar-refractivity contribution >= 4 is 17.5 Å². The molecule has 1 unspecified atom stereocenters. The fourth-order valence-corrected chi connectivity index (χ4v) is 2.51. The van der Waals surface area contributed by atoms with Crippen LogP contribution in [0.5, 0.6) is 5.75 Å². The van der Waals surface area contributed by atoms with Gasteiger partial charge in [-0.05, 0) is 24.6 Å². The van der Waals surface area contributed by atoms with E-state index in [4.69, 9.17) is 16.3 Å². The van der Waals surface area contributed by atoms with Gasteiger partial charge in [0.25, 0.3) is 0 Å². The molecule has 0 bridgehead atoms. The van der Waals surface area contributed by atoms with Crippen LogP contribution < -0.4 is 10.1 Å². The predicted octanol–water partition coefficient (Wildman–Crippen LogP) is 1.71. The highest BCUT2D eigenvalue weighted by atomic mass is 35.5. The van der Waals surface area contributed by atoms with E-state index in [1.807, 2.05) is 17.0 Å². The highest BCUT2D eigenvalue weighted by Gasteiger charge is 2.23. The lowest BCUT2D eigenvalue weighted by molar-refractivity contribution is -0.133. The Labute approximate surface area is 118 Å². The van der Waals surface area contributed by atoms with Gasteiger partial charge >= 0.3 is 0 Å². The van der Waals surface area contributed by atoms with Crippen LogP contribution in [0.1, 0.15) is 12.5 Å². The predicted molar refractivity (Wildman–Crippen MR) is 75.8 cm³/mol. The molecule has 1 saturated heterocycles. The van der Waals surface area contributed by atoms with E-state index in [1.54, 1.807) is 13.2 Å². The van der Waals surface area contributed by atoms with Crippen molar-refractivity contribution in [2.24, 2.45) is 0 Å². The lowest BCUT2D eigenvalue weighted by Crippen LogP contribution is -2.52. The van der Waals surface area contributed by atoms with E-state index < -0.39 is 0 Å². The van der Waals surface area contributed by atoms with Gasteiger partial charge in [0.1, 0.15) is 5.75 Å². The van der Waals surface area contributed by atoms with Gasteiger partial charge in [0.15, 0.2) is 0 Å². The van der Waals surface area contributed by atoms with Crippen molar-refractivity contribution in [1.29, 1.82) is 0 Å². The van der Waals surface area contributed by atoms with Gasteiger partial charge in [-0.25, -0.2) is 0 Å². The highest BCUT2D eigenvalue weighted by molar-refractivity contribution is 6.31. The van der Waals surface area contributed by atoms with Gasteiger partial charge in [-0.15, -0.1) is 0 Å². The van der Waals surface area contributed by atoms with Crippen LogP contribution in [0.15, 0.2) is 18.2 Å². The van der Waals surface area contributed by atoms with Gasteiger partial charge in [-0.2, -0.15) is 0 Å². The molecule has 0 aliphatic carbocycles. The summed E-state index contributed by atoms with van der Waals surface area (Å²) in [6.45, 7) is 4.52. The summed E-state index contributed by atoms with van der Waals surface area (Å²) in [5, 5.41) is 3.85. The summed E-state index contributed by atoms with van der Waals surface area (Å²) in [7, 11) is 1.60. The number of ether oxygens (including phenoxy) is 1. The van der Waals surface area contributed by atoms with Crippen LogP contribution in [0, 0.1) is 0 Å². The average Bonchev–Trinajstić information content (AvgIpc) is 2.41. The van der Waals surface area contributed by atoms with Crippen LogP contribution >= 0.6 is 11.6 Å². The normalized spacial score (nSPS) is 19.3. The van der Waals surface area contributed by atoms with Crippen molar-refractivity contribution in [3.8, 4) is 5.75 Å². The first-order chi connectivity index (χ1) is 9.11. The van der Waals surface area contributed by atoms with E-state index in [1.165, 1.54) is 0 Å². The lowest BCUT2D eigenvalue weighted by Gasteiger charge is -2.34. The highest BCUT2D eigenvalue weighted by Crippen LogP contribution is 2.23. The minimum absolute atomic E-state index is 0.126. The molecule has 104 valence electrons. The second-order valence-corrected chi connectivity index (χ2v) is 5.18. The monoisotopic (exact) mass is 282 g/mol. The number of piperazine rings is 1. The van der Waals surface area contributed by atoms with Crippen LogP contribution in [-0.2, 0) is 11.2 Å². The Bertz CT molecular complexity index is 465. The van der Waals surface area contributed by atoms with E-state index in [0.29, 0.717) is 17.2 Å². The van der Waals surface area contributed by atoms with E-state index in [-0.39, 0.29) is 11.9 Å². The fourth-order valence-electron chi connectivity index (χ4n) is 2.27. The molecular weight excluding hydrogens is 264 g/mol. The summed E-state index contributed by atoms with van der Waals surface area (Å²) >= 11 is 6.16. The van der Waals surface area contributed by atoms with Gasteiger partial charge < -0.3 is 15.0 Å². The Hall–Kier alpha value is -1.26. The van der Waals surface area contributed by atoms with Crippen molar-refractivity contribution in [1.82, 2.24) is 10.2 Å². The van der Waals surface area contributed by atoms with Crippen molar-refractivity contribution < 1.29 is 9.53 Å². The molecule has 0 saturated carbocycles. The maximum atomic E-state index is 12.3. The number of nitrogens with one attached hydrogen (secondary N) is 1. The van der Waals surface area contributed by atoms with Crippen LogP contribution in [0.3, 0.4) is 0 Å². The molecule has 1 atom stereocenters. The quantitative estimate of drug-likeness (QED) is 0.918. The number of halogens is 1. The minimum Gasteiger partial charge on any atom is -0.497 e. The molecule has 1 N–H and O–H groups in total. The number of amides is 1. The zero-order valence-electron chi connectivity index (χ0n) is 11.3. The molecule has 4 nitrogen and oxygen atoms in total. The van der Waals surface area contributed by atoms with Crippen molar-refractivity contribution in [3.05, 3.63) is 28.8 Å². The largest absolute Gasteiger partial charge is 0.497 e. The second-order valence-electron chi connectivity index (χ2n) is 4.77. The number of carbonyl (C=O) groups is 1. The molecule has 1 aliphatic rings. The zero-order chi connectivity index (χ0) is 13.8. The van der Waals surface area contributed by atoms with Gasteiger partial charge in [-0.1, -0.05) is 17.7 Å². The van der Waals surface area contributed by atoms with Crippen molar-refractivity contribution in [2.75, 3.05) is 26.7 Å². The number of hydrogen-bond acceptors (Lipinski definition) is 3. The minimum atomic E-state index is 0.126. The Kier molecular flexibility index (Phi) is 4.66. The standard InChI is InChI=1S/C14H19ClN2O2/c1-10-9-16-5-6-17(10)14(18)7-11-3-4-12(19-2)8-13(11)15/h3-4,8,10,16H,5-7,9H2,1-2H3. The summed E-state index contributed by atoms with van der Waals surface area (Å²) < 4.78 is 5.10. The lowest BCUT2D eigenvalue weighted by atomic mass is 10.1. The number of hydrogen-bond donors (Lipinski definition) is 1. The van der Waals surface area contributed by atoms with E-state index in [2.05, 4.69) is 12.2 Å². The van der Waals surface area contributed by atoms with Gasteiger partial charge in [0.05, 0.1) is 13.5 Å². The first-order valence-electron chi connectivity index (χ1n) is 6.44. The summed E-state index contributed by atoms with van der Waals surface area (Å²) in [4.78, 5) is 14.2. The van der Waals surface area contributed by atoms with Crippen LogP contribution in [-0.4, -0.2) is 43.6 Å². The zero-order valence-corrected chi connectivity index (χ0v) is 12.0. The summed E-state index contributed by atoms with van der Waals surface area (Å²) in [5.41, 5.74) is 0.846. The number of benzene rings is 1. The van der Waals surface area contributed by atoms with Gasteiger partial charge in [0, 0.05) is 30.7 Å². The van der Waals surface area contributed by atoms with Crippen LogP contribution in [0.25, 0.3) is 0 Å². The fraction of sp³-hybridized carbons (Fsp3) is 0.500. The third kappa shape index (κ3) is 3.39. The molecule has 2 rings (SSSR count). The molecule has 0 aromatic heterocycles. The Morgan fingerprint density at radius 2 is 2.37 bits per heavy atom. The molecule has 1 heterocycles. The molecule has 1 fully saturated rings.